The zero-order valence-corrected chi connectivity index (χ0v) is 16.3. The van der Waals surface area contributed by atoms with Crippen LogP contribution in [0.3, 0.4) is 0 Å². The summed E-state index contributed by atoms with van der Waals surface area (Å²) in [6.07, 6.45) is 6.45. The zero-order valence-electron chi connectivity index (χ0n) is 16.3. The highest BCUT2D eigenvalue weighted by atomic mass is 16.2. The van der Waals surface area contributed by atoms with Crippen LogP contribution in [0.5, 0.6) is 0 Å². The van der Waals surface area contributed by atoms with Gasteiger partial charge in [0.15, 0.2) is 0 Å². The number of hydrogen-bond donors (Lipinski definition) is 1. The predicted molar refractivity (Wildman–Crippen MR) is 108 cm³/mol. The van der Waals surface area contributed by atoms with E-state index in [2.05, 4.69) is 27.1 Å². The third kappa shape index (κ3) is 5.06. The first kappa shape index (κ1) is 19.8. The number of rotatable bonds is 7. The maximum Gasteiger partial charge on any atom is 0.272 e. The molecule has 1 aliphatic rings. The number of pyridine rings is 2. The lowest BCUT2D eigenvalue weighted by Crippen LogP contribution is -2.49. The summed E-state index contributed by atoms with van der Waals surface area (Å²) in [5.74, 6) is 0.628. The number of amides is 2. The number of anilines is 1. The Hall–Kier alpha value is -2.96. The predicted octanol–water partition coefficient (Wildman–Crippen LogP) is 2.36. The van der Waals surface area contributed by atoms with Gasteiger partial charge in [0.25, 0.3) is 11.8 Å². The lowest BCUT2D eigenvalue weighted by atomic mass is 10.2. The fourth-order valence-electron chi connectivity index (χ4n) is 3.21. The average Bonchev–Trinajstić information content (AvgIpc) is 2.77. The highest BCUT2D eigenvalue weighted by Crippen LogP contribution is 2.14. The molecule has 2 amide bonds. The van der Waals surface area contributed by atoms with Gasteiger partial charge in [-0.05, 0) is 30.7 Å². The van der Waals surface area contributed by atoms with Gasteiger partial charge in [-0.1, -0.05) is 25.8 Å². The molecule has 0 atom stereocenters. The molecule has 0 radical (unpaired) electrons. The largest absolute Gasteiger partial charge is 0.353 e. The molecule has 1 fully saturated rings. The highest BCUT2D eigenvalue weighted by Gasteiger charge is 2.24. The fourth-order valence-corrected chi connectivity index (χ4v) is 3.21. The number of unbranched alkanes of at least 4 members (excludes halogenated alkanes) is 2. The summed E-state index contributed by atoms with van der Waals surface area (Å²) in [5, 5.41) is 2.90. The molecule has 2 aromatic rings. The van der Waals surface area contributed by atoms with Crippen LogP contribution in [-0.4, -0.2) is 59.4 Å². The molecule has 28 heavy (non-hydrogen) atoms. The van der Waals surface area contributed by atoms with Crippen molar-refractivity contribution in [1.29, 1.82) is 0 Å². The van der Waals surface area contributed by atoms with Crippen LogP contribution < -0.4 is 10.2 Å². The Labute approximate surface area is 165 Å². The van der Waals surface area contributed by atoms with Gasteiger partial charge >= 0.3 is 0 Å². The average molecular weight is 381 g/mol. The summed E-state index contributed by atoms with van der Waals surface area (Å²) < 4.78 is 0. The monoisotopic (exact) mass is 381 g/mol. The second-order valence-corrected chi connectivity index (χ2v) is 6.86. The Balaban J connectivity index is 1.57. The van der Waals surface area contributed by atoms with Crippen LogP contribution in [0, 0.1) is 0 Å². The van der Waals surface area contributed by atoms with Gasteiger partial charge in [0.2, 0.25) is 0 Å². The van der Waals surface area contributed by atoms with Crippen molar-refractivity contribution in [3.8, 4) is 0 Å². The summed E-state index contributed by atoms with van der Waals surface area (Å²) in [6, 6.07) is 9.06. The maximum atomic E-state index is 12.8. The van der Waals surface area contributed by atoms with Crippen LogP contribution >= 0.6 is 0 Å². The van der Waals surface area contributed by atoms with Crippen molar-refractivity contribution in [2.45, 2.75) is 26.2 Å². The van der Waals surface area contributed by atoms with Gasteiger partial charge in [0, 0.05) is 50.7 Å². The van der Waals surface area contributed by atoms with Crippen LogP contribution in [0.4, 0.5) is 5.82 Å². The standard InChI is InChI=1S/C21H27N5O2/c1-2-3-5-10-24-20(27)17-8-11-22-18(16-17)21(28)26-14-12-25(13-15-26)19-7-4-6-9-23-19/h4,6-9,11,16H,2-3,5,10,12-15H2,1H3,(H,24,27). The molecule has 0 spiro atoms. The quantitative estimate of drug-likeness (QED) is 0.745. The summed E-state index contributed by atoms with van der Waals surface area (Å²) in [7, 11) is 0. The van der Waals surface area contributed by atoms with Gasteiger partial charge in [0.05, 0.1) is 0 Å². The number of nitrogens with one attached hydrogen (secondary N) is 1. The lowest BCUT2D eigenvalue weighted by molar-refractivity contribution is 0.0740. The van der Waals surface area contributed by atoms with Gasteiger partial charge in [-0.3, -0.25) is 14.6 Å². The van der Waals surface area contributed by atoms with Gasteiger partial charge in [-0.2, -0.15) is 0 Å². The number of carbonyl (C=O) groups excluding carboxylic acids is 2. The Bertz CT molecular complexity index is 788. The second-order valence-electron chi connectivity index (χ2n) is 6.86. The minimum Gasteiger partial charge on any atom is -0.353 e. The molecule has 0 aromatic carbocycles. The van der Waals surface area contributed by atoms with Crippen molar-refractivity contribution in [2.75, 3.05) is 37.6 Å². The molecule has 0 saturated carbocycles. The number of aromatic nitrogens is 2. The van der Waals surface area contributed by atoms with Crippen LogP contribution in [0.2, 0.25) is 0 Å². The second kappa shape index (κ2) is 9.82. The van der Waals surface area contributed by atoms with Crippen LogP contribution in [-0.2, 0) is 0 Å². The van der Waals surface area contributed by atoms with Gasteiger partial charge in [0.1, 0.15) is 11.5 Å². The molecule has 3 heterocycles. The van der Waals surface area contributed by atoms with E-state index in [0.717, 1.165) is 38.2 Å². The van der Waals surface area contributed by atoms with Crippen molar-refractivity contribution < 1.29 is 9.59 Å². The minimum absolute atomic E-state index is 0.138. The van der Waals surface area contributed by atoms with Crippen molar-refractivity contribution in [3.05, 3.63) is 54.0 Å². The first-order valence-electron chi connectivity index (χ1n) is 9.88. The lowest BCUT2D eigenvalue weighted by Gasteiger charge is -2.35. The van der Waals surface area contributed by atoms with E-state index in [1.54, 1.807) is 23.2 Å². The van der Waals surface area contributed by atoms with E-state index in [1.165, 1.54) is 6.20 Å². The van der Waals surface area contributed by atoms with Crippen molar-refractivity contribution in [3.63, 3.8) is 0 Å². The van der Waals surface area contributed by atoms with Gasteiger partial charge < -0.3 is 15.1 Å². The maximum absolute atomic E-state index is 12.8. The smallest absolute Gasteiger partial charge is 0.272 e. The third-order valence-electron chi connectivity index (χ3n) is 4.85. The molecule has 0 unspecified atom stereocenters. The third-order valence-corrected chi connectivity index (χ3v) is 4.85. The first-order valence-corrected chi connectivity index (χ1v) is 9.88. The summed E-state index contributed by atoms with van der Waals surface area (Å²) in [6.45, 7) is 5.42. The molecule has 1 aliphatic heterocycles. The molecular weight excluding hydrogens is 354 g/mol. The summed E-state index contributed by atoms with van der Waals surface area (Å²) in [5.41, 5.74) is 0.787. The molecule has 148 valence electrons. The molecule has 7 heteroatoms. The molecule has 1 N–H and O–H groups in total. The Morgan fingerprint density at radius 2 is 1.86 bits per heavy atom. The normalized spacial score (nSPS) is 14.0. The van der Waals surface area contributed by atoms with Crippen molar-refractivity contribution in [2.24, 2.45) is 0 Å². The number of carbonyl (C=O) groups is 2. The van der Waals surface area contributed by atoms with E-state index in [0.29, 0.717) is 30.9 Å². The van der Waals surface area contributed by atoms with Crippen molar-refractivity contribution in [1.82, 2.24) is 20.2 Å². The van der Waals surface area contributed by atoms with E-state index in [1.807, 2.05) is 18.2 Å². The molecule has 7 nitrogen and oxygen atoms in total. The SMILES string of the molecule is CCCCCNC(=O)c1ccnc(C(=O)N2CCN(c3ccccn3)CC2)c1. The first-order chi connectivity index (χ1) is 13.7. The highest BCUT2D eigenvalue weighted by molar-refractivity contribution is 5.98. The number of nitrogens with zero attached hydrogens (tertiary/aromatic N) is 4. The number of piperazine rings is 1. The summed E-state index contributed by atoms with van der Waals surface area (Å²) in [4.78, 5) is 37.6. The van der Waals surface area contributed by atoms with Crippen LogP contribution in [0.15, 0.2) is 42.7 Å². The fraction of sp³-hybridized carbons (Fsp3) is 0.429. The minimum atomic E-state index is -0.160. The van der Waals surface area contributed by atoms with E-state index >= 15 is 0 Å². The Morgan fingerprint density at radius 3 is 2.57 bits per heavy atom. The molecule has 3 rings (SSSR count). The molecular formula is C21H27N5O2. The summed E-state index contributed by atoms with van der Waals surface area (Å²) >= 11 is 0. The zero-order chi connectivity index (χ0) is 19.8. The molecule has 0 bridgehead atoms. The van der Waals surface area contributed by atoms with E-state index in [4.69, 9.17) is 0 Å². The molecule has 2 aromatic heterocycles. The van der Waals surface area contributed by atoms with Gasteiger partial charge in [-0.15, -0.1) is 0 Å². The van der Waals surface area contributed by atoms with E-state index < -0.39 is 0 Å². The van der Waals surface area contributed by atoms with E-state index in [-0.39, 0.29) is 11.8 Å². The Morgan fingerprint density at radius 1 is 1.04 bits per heavy atom. The van der Waals surface area contributed by atoms with Gasteiger partial charge in [-0.25, -0.2) is 4.98 Å². The van der Waals surface area contributed by atoms with E-state index in [9.17, 15) is 9.59 Å². The topological polar surface area (TPSA) is 78.4 Å². The Kier molecular flexibility index (Phi) is 6.94. The van der Waals surface area contributed by atoms with Crippen molar-refractivity contribution >= 4 is 17.6 Å². The molecule has 1 saturated heterocycles. The number of hydrogen-bond acceptors (Lipinski definition) is 5. The van der Waals surface area contributed by atoms with Crippen LogP contribution in [0.1, 0.15) is 47.0 Å². The molecule has 0 aliphatic carbocycles. The van der Waals surface area contributed by atoms with Crippen LogP contribution in [0.25, 0.3) is 0 Å².